The summed E-state index contributed by atoms with van der Waals surface area (Å²) in [6.07, 6.45) is 1.87. The van der Waals surface area contributed by atoms with E-state index in [1.807, 2.05) is 0 Å². The van der Waals surface area contributed by atoms with Crippen molar-refractivity contribution >= 4 is 11.9 Å². The molecule has 0 saturated carbocycles. The molecule has 2 N–H and O–H groups in total. The lowest BCUT2D eigenvalue weighted by molar-refractivity contribution is -0.133. The number of rotatable bonds is 6. The van der Waals surface area contributed by atoms with Gasteiger partial charge in [0.2, 0.25) is 0 Å². The highest BCUT2D eigenvalue weighted by molar-refractivity contribution is 6.07. The van der Waals surface area contributed by atoms with Gasteiger partial charge in [-0.05, 0) is 56.0 Å². The number of carbonyl (C=O) groups is 2. The molecule has 1 aromatic carbocycles. The Hall–Kier alpha value is -2.02. The van der Waals surface area contributed by atoms with Crippen molar-refractivity contribution in [2.75, 3.05) is 26.3 Å². The van der Waals surface area contributed by atoms with E-state index in [4.69, 9.17) is 0 Å². The molecule has 136 valence electrons. The van der Waals surface area contributed by atoms with Gasteiger partial charge in [0, 0.05) is 13.0 Å². The van der Waals surface area contributed by atoms with Gasteiger partial charge in [-0.15, -0.1) is 0 Å². The third-order valence-electron chi connectivity index (χ3n) is 5.13. The number of nitrogens with one attached hydrogen (secondary N) is 2. The van der Waals surface area contributed by atoms with Crippen molar-refractivity contribution in [3.63, 3.8) is 0 Å². The summed E-state index contributed by atoms with van der Waals surface area (Å²) in [5.74, 6) is -0.727. The zero-order valence-corrected chi connectivity index (χ0v) is 14.1. The monoisotopic (exact) mass is 351 g/mol. The van der Waals surface area contributed by atoms with Crippen LogP contribution in [0.25, 0.3) is 0 Å². The second-order valence-electron chi connectivity index (χ2n) is 6.73. The molecule has 0 spiro atoms. The number of amides is 3. The fourth-order valence-electron chi connectivity index (χ4n) is 3.89. The van der Waals surface area contributed by atoms with E-state index >= 15 is 0 Å². The summed E-state index contributed by atoms with van der Waals surface area (Å²) < 4.78 is 26.1. The quantitative estimate of drug-likeness (QED) is 0.771. The molecule has 1 aromatic rings. The van der Waals surface area contributed by atoms with E-state index in [9.17, 15) is 18.4 Å². The first-order chi connectivity index (χ1) is 12.1. The number of hydrogen-bond donors (Lipinski definition) is 2. The van der Waals surface area contributed by atoms with Gasteiger partial charge in [0.1, 0.15) is 11.4 Å². The Morgan fingerprint density at radius 1 is 1.24 bits per heavy atom. The first kappa shape index (κ1) is 17.8. The Bertz CT molecular complexity index is 649. The topological polar surface area (TPSA) is 61.4 Å². The summed E-state index contributed by atoms with van der Waals surface area (Å²) in [5, 5.41) is 6.13. The first-order valence-electron chi connectivity index (χ1n) is 8.72. The van der Waals surface area contributed by atoms with Gasteiger partial charge in [-0.25, -0.2) is 9.18 Å². The molecule has 2 saturated heterocycles. The minimum atomic E-state index is -1.08. The molecule has 0 bridgehead atoms. The number of imide groups is 1. The van der Waals surface area contributed by atoms with Crippen LogP contribution in [0.4, 0.5) is 13.6 Å². The highest BCUT2D eigenvalue weighted by Crippen LogP contribution is 2.35. The van der Waals surface area contributed by atoms with Crippen LogP contribution in [0.1, 0.15) is 24.8 Å². The van der Waals surface area contributed by atoms with Crippen LogP contribution >= 0.6 is 0 Å². The number of halogens is 2. The minimum absolute atomic E-state index is 0.0381. The smallest absolute Gasteiger partial charge is 0.322 e. The summed E-state index contributed by atoms with van der Waals surface area (Å²) in [6.45, 7) is 1.02. The van der Waals surface area contributed by atoms with Gasteiger partial charge in [0.15, 0.2) is 0 Å². The number of nitrogens with zero attached hydrogens (tertiary/aromatic N) is 1. The number of benzene rings is 1. The summed E-state index contributed by atoms with van der Waals surface area (Å²) in [5.41, 5.74) is -0.414. The second kappa shape index (κ2) is 7.47. The van der Waals surface area contributed by atoms with E-state index in [-0.39, 0.29) is 37.0 Å². The van der Waals surface area contributed by atoms with Gasteiger partial charge >= 0.3 is 6.03 Å². The molecule has 7 heteroatoms. The molecule has 2 aliphatic heterocycles. The summed E-state index contributed by atoms with van der Waals surface area (Å²) in [7, 11) is 0. The number of alkyl halides is 1. The molecule has 2 aliphatic rings. The Morgan fingerprint density at radius 3 is 2.68 bits per heavy atom. The minimum Gasteiger partial charge on any atom is -0.322 e. The largest absolute Gasteiger partial charge is 0.325 e. The normalized spacial score (nSPS) is 24.6. The van der Waals surface area contributed by atoms with Gasteiger partial charge in [0.25, 0.3) is 5.91 Å². The van der Waals surface area contributed by atoms with Crippen LogP contribution < -0.4 is 10.6 Å². The highest BCUT2D eigenvalue weighted by Gasteiger charge is 2.55. The van der Waals surface area contributed by atoms with Crippen LogP contribution in [0.15, 0.2) is 24.3 Å². The van der Waals surface area contributed by atoms with E-state index in [1.165, 1.54) is 12.1 Å². The fraction of sp³-hybridized carbons (Fsp3) is 0.556. The van der Waals surface area contributed by atoms with Gasteiger partial charge in [0.05, 0.1) is 6.67 Å². The van der Waals surface area contributed by atoms with E-state index in [1.54, 1.807) is 12.1 Å². The first-order valence-corrected chi connectivity index (χ1v) is 8.72. The maximum absolute atomic E-state index is 13.6. The highest BCUT2D eigenvalue weighted by atomic mass is 19.1. The van der Waals surface area contributed by atoms with Crippen LogP contribution in [0.5, 0.6) is 0 Å². The van der Waals surface area contributed by atoms with Crippen LogP contribution in [-0.2, 0) is 11.2 Å². The van der Waals surface area contributed by atoms with E-state index in [0.717, 1.165) is 30.8 Å². The maximum Gasteiger partial charge on any atom is 0.325 e. The predicted octanol–water partition coefficient (Wildman–Crippen LogP) is 2.02. The zero-order chi connectivity index (χ0) is 17.9. The van der Waals surface area contributed by atoms with Gasteiger partial charge < -0.3 is 10.6 Å². The van der Waals surface area contributed by atoms with Crippen LogP contribution in [-0.4, -0.2) is 48.7 Å². The average Bonchev–Trinajstić information content (AvgIpc) is 2.85. The summed E-state index contributed by atoms with van der Waals surface area (Å²) >= 11 is 0. The number of hydrogen-bond acceptors (Lipinski definition) is 3. The molecule has 3 rings (SSSR count). The van der Waals surface area contributed by atoms with Crippen molar-refractivity contribution in [3.05, 3.63) is 35.6 Å². The molecule has 1 atom stereocenters. The second-order valence-corrected chi connectivity index (χ2v) is 6.73. The Kier molecular flexibility index (Phi) is 5.32. The van der Waals surface area contributed by atoms with E-state index in [2.05, 4.69) is 10.6 Å². The van der Waals surface area contributed by atoms with Crippen LogP contribution in [0.3, 0.4) is 0 Å². The lowest BCUT2D eigenvalue weighted by atomic mass is 9.74. The van der Waals surface area contributed by atoms with Crippen LogP contribution in [0, 0.1) is 11.7 Å². The van der Waals surface area contributed by atoms with Crippen molar-refractivity contribution in [2.24, 2.45) is 5.92 Å². The fourth-order valence-corrected chi connectivity index (χ4v) is 3.89. The van der Waals surface area contributed by atoms with Crippen molar-refractivity contribution in [1.82, 2.24) is 15.5 Å². The van der Waals surface area contributed by atoms with E-state index < -0.39 is 18.2 Å². The molecule has 5 nitrogen and oxygen atoms in total. The molecule has 0 unspecified atom stereocenters. The van der Waals surface area contributed by atoms with Gasteiger partial charge in [-0.2, -0.15) is 0 Å². The zero-order valence-electron chi connectivity index (χ0n) is 14.1. The molecular formula is C18H23F2N3O2. The standard InChI is InChI=1S/C18H23F2N3O2/c19-7-2-10-23-16(24)18(22-17(23)25,14-5-8-21-9-6-14)12-13-3-1-4-15(20)11-13/h1,3-4,11,14,21H,2,5-10,12H2,(H,22,25)/t18-/m0/s1. The molecule has 3 amide bonds. The molecule has 0 radical (unpaired) electrons. The van der Waals surface area contributed by atoms with E-state index in [0.29, 0.717) is 5.56 Å². The lowest BCUT2D eigenvalue weighted by Gasteiger charge is -2.38. The van der Waals surface area contributed by atoms with Crippen molar-refractivity contribution in [1.29, 1.82) is 0 Å². The van der Waals surface area contributed by atoms with Gasteiger partial charge in [-0.1, -0.05) is 12.1 Å². The number of urea groups is 1. The number of carbonyl (C=O) groups excluding carboxylic acids is 2. The molecule has 25 heavy (non-hydrogen) atoms. The molecule has 2 fully saturated rings. The maximum atomic E-state index is 13.6. The Balaban J connectivity index is 1.92. The molecule has 2 heterocycles. The Morgan fingerprint density at radius 2 is 2.00 bits per heavy atom. The average molecular weight is 351 g/mol. The molecule has 0 aromatic heterocycles. The summed E-state index contributed by atoms with van der Waals surface area (Å²) in [6, 6.07) is 5.63. The van der Waals surface area contributed by atoms with Gasteiger partial charge in [-0.3, -0.25) is 14.1 Å². The third kappa shape index (κ3) is 3.51. The molecule has 0 aliphatic carbocycles. The third-order valence-corrected chi connectivity index (χ3v) is 5.13. The molecular weight excluding hydrogens is 328 g/mol. The van der Waals surface area contributed by atoms with Crippen molar-refractivity contribution in [3.8, 4) is 0 Å². The number of piperidine rings is 1. The SMILES string of the molecule is O=C1N[C@@](Cc2cccc(F)c2)(C2CCNCC2)C(=O)N1CCCF. The van der Waals surface area contributed by atoms with Crippen LogP contribution in [0.2, 0.25) is 0 Å². The predicted molar refractivity (Wildman–Crippen MR) is 89.3 cm³/mol. The Labute approximate surface area is 145 Å². The van der Waals surface area contributed by atoms with Crippen molar-refractivity contribution in [2.45, 2.75) is 31.2 Å². The summed E-state index contributed by atoms with van der Waals surface area (Å²) in [4.78, 5) is 26.6. The van der Waals surface area contributed by atoms with Crippen molar-refractivity contribution < 1.29 is 18.4 Å². The lowest BCUT2D eigenvalue weighted by Crippen LogP contribution is -2.57.